The standard InChI is InChI=1S/C18H19F3N4O2/c19-15-3-1-13(2-4-15)11-27-17(26)25-8-5-14(18(20,21)12-25)9-24-16-10-22-6-7-23-16/h1-4,6-7,10,14H,5,8-9,11-12H2,(H,23,24). The van der Waals surface area contributed by atoms with E-state index < -0.39 is 30.3 Å². The number of hydrogen-bond donors (Lipinski definition) is 1. The molecule has 1 aromatic carbocycles. The number of aromatic nitrogens is 2. The highest BCUT2D eigenvalue weighted by Gasteiger charge is 2.46. The third kappa shape index (κ3) is 5.08. The van der Waals surface area contributed by atoms with Crippen LogP contribution in [0.1, 0.15) is 12.0 Å². The van der Waals surface area contributed by atoms with Gasteiger partial charge in [-0.25, -0.2) is 22.9 Å². The minimum absolute atomic E-state index is 0.0319. The van der Waals surface area contributed by atoms with Crippen molar-refractivity contribution in [3.05, 3.63) is 54.2 Å². The number of benzene rings is 1. The lowest BCUT2D eigenvalue weighted by Gasteiger charge is -2.37. The number of likely N-dealkylation sites (tertiary alicyclic amines) is 1. The van der Waals surface area contributed by atoms with Crippen molar-refractivity contribution >= 4 is 11.9 Å². The number of anilines is 1. The van der Waals surface area contributed by atoms with Gasteiger partial charge in [0.1, 0.15) is 18.2 Å². The maximum absolute atomic E-state index is 14.4. The quantitative estimate of drug-likeness (QED) is 0.862. The van der Waals surface area contributed by atoms with Gasteiger partial charge in [0.2, 0.25) is 0 Å². The first-order valence-corrected chi connectivity index (χ1v) is 8.48. The molecule has 0 aliphatic carbocycles. The number of ether oxygens (including phenoxy) is 1. The van der Waals surface area contributed by atoms with Gasteiger partial charge in [-0.3, -0.25) is 4.98 Å². The van der Waals surface area contributed by atoms with Crippen molar-refractivity contribution in [1.29, 1.82) is 0 Å². The molecule has 0 spiro atoms. The minimum Gasteiger partial charge on any atom is -0.445 e. The molecule has 3 rings (SSSR count). The van der Waals surface area contributed by atoms with Gasteiger partial charge in [-0.05, 0) is 24.1 Å². The van der Waals surface area contributed by atoms with Crippen LogP contribution in [0.2, 0.25) is 0 Å². The Morgan fingerprint density at radius 1 is 1.30 bits per heavy atom. The first kappa shape index (κ1) is 18.9. The Morgan fingerprint density at radius 3 is 2.74 bits per heavy atom. The van der Waals surface area contributed by atoms with E-state index in [0.29, 0.717) is 11.4 Å². The van der Waals surface area contributed by atoms with Crippen molar-refractivity contribution < 1.29 is 22.7 Å². The zero-order valence-corrected chi connectivity index (χ0v) is 14.4. The Morgan fingerprint density at radius 2 is 2.07 bits per heavy atom. The molecule has 1 aliphatic heterocycles. The maximum atomic E-state index is 14.4. The van der Waals surface area contributed by atoms with Crippen LogP contribution in [-0.2, 0) is 11.3 Å². The number of hydrogen-bond acceptors (Lipinski definition) is 5. The highest BCUT2D eigenvalue weighted by atomic mass is 19.3. The van der Waals surface area contributed by atoms with Gasteiger partial charge in [0.25, 0.3) is 5.92 Å². The number of rotatable bonds is 5. The monoisotopic (exact) mass is 380 g/mol. The van der Waals surface area contributed by atoms with Gasteiger partial charge in [0.15, 0.2) is 0 Å². The van der Waals surface area contributed by atoms with Crippen LogP contribution in [0.4, 0.5) is 23.8 Å². The smallest absolute Gasteiger partial charge is 0.410 e. The summed E-state index contributed by atoms with van der Waals surface area (Å²) in [7, 11) is 0. The maximum Gasteiger partial charge on any atom is 0.410 e. The van der Waals surface area contributed by atoms with Crippen molar-refractivity contribution in [2.24, 2.45) is 5.92 Å². The fourth-order valence-corrected chi connectivity index (χ4v) is 2.83. The average Bonchev–Trinajstić information content (AvgIpc) is 2.66. The van der Waals surface area contributed by atoms with Crippen molar-refractivity contribution in [1.82, 2.24) is 14.9 Å². The number of nitrogens with zero attached hydrogens (tertiary/aromatic N) is 3. The van der Waals surface area contributed by atoms with Gasteiger partial charge in [0, 0.05) is 31.4 Å². The van der Waals surface area contributed by atoms with Crippen LogP contribution in [0.25, 0.3) is 0 Å². The summed E-state index contributed by atoms with van der Waals surface area (Å²) in [5.41, 5.74) is 0.583. The normalized spacial score (nSPS) is 18.8. The van der Waals surface area contributed by atoms with E-state index in [4.69, 9.17) is 4.74 Å². The molecule has 0 radical (unpaired) electrons. The lowest BCUT2D eigenvalue weighted by molar-refractivity contribution is -0.101. The van der Waals surface area contributed by atoms with E-state index in [2.05, 4.69) is 15.3 Å². The zero-order chi connectivity index (χ0) is 19.3. The Balaban J connectivity index is 1.49. The Kier molecular flexibility index (Phi) is 5.78. The van der Waals surface area contributed by atoms with Crippen LogP contribution in [-0.4, -0.2) is 46.5 Å². The number of nitrogens with one attached hydrogen (secondary N) is 1. The summed E-state index contributed by atoms with van der Waals surface area (Å²) in [5, 5.41) is 2.85. The number of alkyl halides is 2. The summed E-state index contributed by atoms with van der Waals surface area (Å²) in [6, 6.07) is 5.43. The molecule has 2 aromatic rings. The first-order chi connectivity index (χ1) is 12.9. The second-order valence-electron chi connectivity index (χ2n) is 6.32. The predicted octanol–water partition coefficient (Wildman–Crippen LogP) is 3.32. The lowest BCUT2D eigenvalue weighted by Crippen LogP contribution is -2.52. The highest BCUT2D eigenvalue weighted by molar-refractivity contribution is 5.68. The molecular formula is C18H19F3N4O2. The van der Waals surface area contributed by atoms with Crippen molar-refractivity contribution in [2.75, 3.05) is 25.0 Å². The number of halogens is 3. The van der Waals surface area contributed by atoms with E-state index in [-0.39, 0.29) is 26.1 Å². The molecule has 0 saturated carbocycles. The molecule has 1 fully saturated rings. The van der Waals surface area contributed by atoms with Gasteiger partial charge in [0.05, 0.1) is 12.7 Å². The van der Waals surface area contributed by atoms with Crippen LogP contribution in [0.5, 0.6) is 0 Å². The molecule has 1 saturated heterocycles. The molecule has 1 atom stereocenters. The summed E-state index contributed by atoms with van der Waals surface area (Å²) in [6.07, 6.45) is 3.75. The third-order valence-electron chi connectivity index (χ3n) is 4.37. The van der Waals surface area contributed by atoms with Crippen LogP contribution in [0.3, 0.4) is 0 Å². The fraction of sp³-hybridized carbons (Fsp3) is 0.389. The molecule has 1 N–H and O–H groups in total. The first-order valence-electron chi connectivity index (χ1n) is 8.48. The molecule has 6 nitrogen and oxygen atoms in total. The van der Waals surface area contributed by atoms with Crippen LogP contribution < -0.4 is 5.32 Å². The fourth-order valence-electron chi connectivity index (χ4n) is 2.83. The van der Waals surface area contributed by atoms with E-state index in [1.165, 1.54) is 42.9 Å². The van der Waals surface area contributed by atoms with Crippen LogP contribution in [0, 0.1) is 11.7 Å². The Labute approximate surface area is 154 Å². The topological polar surface area (TPSA) is 67.3 Å². The van der Waals surface area contributed by atoms with Crippen LogP contribution in [0.15, 0.2) is 42.9 Å². The molecule has 1 amide bonds. The molecular weight excluding hydrogens is 361 g/mol. The molecule has 2 heterocycles. The van der Waals surface area contributed by atoms with E-state index in [9.17, 15) is 18.0 Å². The van der Waals surface area contributed by atoms with Gasteiger partial charge in [-0.15, -0.1) is 0 Å². The van der Waals surface area contributed by atoms with Gasteiger partial charge >= 0.3 is 6.09 Å². The van der Waals surface area contributed by atoms with E-state index in [0.717, 1.165) is 4.90 Å². The van der Waals surface area contributed by atoms with Crippen molar-refractivity contribution in [3.63, 3.8) is 0 Å². The van der Waals surface area contributed by atoms with Gasteiger partial charge in [-0.2, -0.15) is 0 Å². The van der Waals surface area contributed by atoms with Gasteiger partial charge < -0.3 is 15.0 Å². The van der Waals surface area contributed by atoms with Crippen LogP contribution >= 0.6 is 0 Å². The van der Waals surface area contributed by atoms with E-state index >= 15 is 0 Å². The largest absolute Gasteiger partial charge is 0.445 e. The molecule has 0 bridgehead atoms. The minimum atomic E-state index is -3.05. The average molecular weight is 380 g/mol. The molecule has 9 heteroatoms. The molecule has 1 unspecified atom stereocenters. The number of amides is 1. The second-order valence-corrected chi connectivity index (χ2v) is 6.32. The lowest BCUT2D eigenvalue weighted by atomic mass is 9.93. The predicted molar refractivity (Wildman–Crippen MR) is 91.7 cm³/mol. The molecule has 1 aliphatic rings. The molecule has 27 heavy (non-hydrogen) atoms. The highest BCUT2D eigenvalue weighted by Crippen LogP contribution is 2.33. The third-order valence-corrected chi connectivity index (χ3v) is 4.37. The molecule has 1 aromatic heterocycles. The Hall–Kier alpha value is -2.84. The number of piperidine rings is 1. The SMILES string of the molecule is O=C(OCc1ccc(F)cc1)N1CCC(CNc2cnccn2)C(F)(F)C1. The Bertz CT molecular complexity index is 759. The summed E-state index contributed by atoms with van der Waals surface area (Å²) >= 11 is 0. The second kappa shape index (κ2) is 8.24. The number of carbonyl (C=O) groups is 1. The van der Waals surface area contributed by atoms with E-state index in [1.54, 1.807) is 0 Å². The summed E-state index contributed by atoms with van der Waals surface area (Å²) in [6.45, 7) is -0.601. The summed E-state index contributed by atoms with van der Waals surface area (Å²) in [4.78, 5) is 20.9. The van der Waals surface area contributed by atoms with Crippen molar-refractivity contribution in [2.45, 2.75) is 19.0 Å². The van der Waals surface area contributed by atoms with Gasteiger partial charge in [-0.1, -0.05) is 12.1 Å². The van der Waals surface area contributed by atoms with E-state index in [1.807, 2.05) is 0 Å². The summed E-state index contributed by atoms with van der Waals surface area (Å²) in [5.74, 6) is -3.96. The van der Waals surface area contributed by atoms with Crippen molar-refractivity contribution in [3.8, 4) is 0 Å². The zero-order valence-electron chi connectivity index (χ0n) is 14.4. The molecule has 144 valence electrons. The summed E-state index contributed by atoms with van der Waals surface area (Å²) < 4.78 is 46.8. The number of carbonyl (C=O) groups excluding carboxylic acids is 1.